The Morgan fingerprint density at radius 3 is 2.72 bits per heavy atom. The van der Waals surface area contributed by atoms with E-state index in [9.17, 15) is 23.1 Å². The molecule has 1 amide bonds. The lowest BCUT2D eigenvalue weighted by Gasteiger charge is -2.22. The predicted octanol–water partition coefficient (Wildman–Crippen LogP) is 1.90. The van der Waals surface area contributed by atoms with E-state index < -0.39 is 17.8 Å². The van der Waals surface area contributed by atoms with Gasteiger partial charge in [-0.15, -0.1) is 0 Å². The molecule has 1 atom stereocenters. The zero-order valence-electron chi connectivity index (χ0n) is 14.1. The van der Waals surface area contributed by atoms with Gasteiger partial charge in [-0.3, -0.25) is 4.79 Å². The van der Waals surface area contributed by atoms with Crippen LogP contribution in [0.3, 0.4) is 0 Å². The molecular weight excluding hydrogens is 337 g/mol. The molecule has 2 rings (SSSR count). The normalized spacial score (nSPS) is 15.7. The fourth-order valence-corrected chi connectivity index (χ4v) is 2.32. The first-order valence-corrected chi connectivity index (χ1v) is 8.19. The van der Waals surface area contributed by atoms with Gasteiger partial charge in [-0.25, -0.2) is 0 Å². The fourth-order valence-electron chi connectivity index (χ4n) is 2.32. The summed E-state index contributed by atoms with van der Waals surface area (Å²) >= 11 is 0. The summed E-state index contributed by atoms with van der Waals surface area (Å²) < 4.78 is 43.7. The van der Waals surface area contributed by atoms with Crippen molar-refractivity contribution in [2.75, 3.05) is 33.3 Å². The number of alkyl halides is 3. The quantitative estimate of drug-likeness (QED) is 0.706. The topological polar surface area (TPSA) is 61.8 Å². The number of aliphatic hydroxyl groups is 1. The Bertz CT molecular complexity index is 577. The number of aliphatic hydroxyl groups excluding tert-OH is 1. The van der Waals surface area contributed by atoms with Crippen molar-refractivity contribution in [1.29, 1.82) is 0 Å². The third-order valence-electron chi connectivity index (χ3n) is 3.94. The Labute approximate surface area is 144 Å². The first-order valence-electron chi connectivity index (χ1n) is 8.19. The zero-order chi connectivity index (χ0) is 18.4. The number of carbonyl (C=O) groups excluding carboxylic acids is 1. The van der Waals surface area contributed by atoms with Crippen LogP contribution in [0.1, 0.15) is 18.4 Å². The second-order valence-electron chi connectivity index (χ2n) is 6.31. The van der Waals surface area contributed by atoms with E-state index in [4.69, 9.17) is 4.74 Å². The Morgan fingerprint density at radius 1 is 1.40 bits per heavy atom. The van der Waals surface area contributed by atoms with Crippen LogP contribution in [0.2, 0.25) is 0 Å². The van der Waals surface area contributed by atoms with Gasteiger partial charge in [0.2, 0.25) is 5.91 Å². The highest BCUT2D eigenvalue weighted by molar-refractivity contribution is 5.77. The minimum absolute atomic E-state index is 0.0157. The number of hydrogen-bond donors (Lipinski definition) is 2. The van der Waals surface area contributed by atoms with Crippen molar-refractivity contribution in [2.45, 2.75) is 25.1 Å². The number of nitrogens with one attached hydrogen (secondary N) is 1. The molecule has 1 aromatic rings. The summed E-state index contributed by atoms with van der Waals surface area (Å²) in [5.41, 5.74) is -0.893. The Balaban J connectivity index is 1.76. The summed E-state index contributed by atoms with van der Waals surface area (Å²) in [4.78, 5) is 13.2. The molecule has 8 heteroatoms. The number of carbonyl (C=O) groups is 1. The molecule has 140 valence electrons. The number of amides is 1. The third-order valence-corrected chi connectivity index (χ3v) is 3.94. The largest absolute Gasteiger partial charge is 0.490 e. The lowest BCUT2D eigenvalue weighted by molar-refractivity contribution is -0.139. The monoisotopic (exact) mass is 360 g/mol. The average molecular weight is 360 g/mol. The molecule has 0 spiro atoms. The lowest BCUT2D eigenvalue weighted by Crippen LogP contribution is -2.41. The molecule has 1 fully saturated rings. The second kappa shape index (κ2) is 8.53. The first-order chi connectivity index (χ1) is 11.8. The van der Waals surface area contributed by atoms with Crippen molar-refractivity contribution in [2.24, 2.45) is 5.92 Å². The second-order valence-corrected chi connectivity index (χ2v) is 6.31. The van der Waals surface area contributed by atoms with Gasteiger partial charge < -0.3 is 20.1 Å². The zero-order valence-corrected chi connectivity index (χ0v) is 14.1. The van der Waals surface area contributed by atoms with Crippen LogP contribution in [0.5, 0.6) is 5.75 Å². The van der Waals surface area contributed by atoms with Crippen molar-refractivity contribution in [3.63, 3.8) is 0 Å². The van der Waals surface area contributed by atoms with Gasteiger partial charge in [0.1, 0.15) is 18.5 Å². The van der Waals surface area contributed by atoms with Gasteiger partial charge in [-0.05, 0) is 37.4 Å². The van der Waals surface area contributed by atoms with Crippen LogP contribution in [0.4, 0.5) is 13.2 Å². The van der Waals surface area contributed by atoms with Gasteiger partial charge in [-0.1, -0.05) is 12.1 Å². The number of rotatable bonds is 9. The van der Waals surface area contributed by atoms with E-state index in [0.717, 1.165) is 12.6 Å². The number of halogens is 3. The number of para-hydroxylation sites is 1. The van der Waals surface area contributed by atoms with Crippen LogP contribution in [-0.2, 0) is 11.0 Å². The highest BCUT2D eigenvalue weighted by Crippen LogP contribution is 2.35. The van der Waals surface area contributed by atoms with E-state index in [1.165, 1.54) is 43.0 Å². The third kappa shape index (κ3) is 6.55. The lowest BCUT2D eigenvalue weighted by atomic mass is 10.2. The Morgan fingerprint density at radius 2 is 2.08 bits per heavy atom. The molecular formula is C17H23F3N2O3. The average Bonchev–Trinajstić information content (AvgIpc) is 3.36. The highest BCUT2D eigenvalue weighted by atomic mass is 19.4. The molecule has 25 heavy (non-hydrogen) atoms. The van der Waals surface area contributed by atoms with Gasteiger partial charge in [0, 0.05) is 13.6 Å². The highest BCUT2D eigenvalue weighted by Gasteiger charge is 2.34. The van der Waals surface area contributed by atoms with Crippen LogP contribution >= 0.6 is 0 Å². The predicted molar refractivity (Wildman–Crippen MR) is 86.2 cm³/mol. The van der Waals surface area contributed by atoms with Gasteiger partial charge in [0.25, 0.3) is 0 Å². The number of benzene rings is 1. The van der Waals surface area contributed by atoms with Crippen LogP contribution in [-0.4, -0.2) is 55.3 Å². The maximum absolute atomic E-state index is 12.9. The molecule has 0 heterocycles. The van der Waals surface area contributed by atoms with Crippen molar-refractivity contribution >= 4 is 5.91 Å². The van der Waals surface area contributed by atoms with Gasteiger partial charge in [-0.2, -0.15) is 13.2 Å². The first kappa shape index (κ1) is 19.5. The van der Waals surface area contributed by atoms with Gasteiger partial charge in [0.15, 0.2) is 0 Å². The minimum Gasteiger partial charge on any atom is -0.490 e. The van der Waals surface area contributed by atoms with Crippen LogP contribution in [0.15, 0.2) is 24.3 Å². The summed E-state index contributed by atoms with van der Waals surface area (Å²) in [5, 5.41) is 13.0. The summed E-state index contributed by atoms with van der Waals surface area (Å²) in [6.45, 7) is 0.634. The van der Waals surface area contributed by atoms with Crippen LogP contribution < -0.4 is 10.1 Å². The maximum Gasteiger partial charge on any atom is 0.419 e. The Hall–Kier alpha value is -1.80. The van der Waals surface area contributed by atoms with Crippen LogP contribution in [0, 0.1) is 5.92 Å². The number of likely N-dealkylation sites (N-methyl/N-ethyl adjacent to an activating group) is 1. The summed E-state index contributed by atoms with van der Waals surface area (Å²) in [5.74, 6) is 0.135. The number of ether oxygens (including phenoxy) is 1. The van der Waals surface area contributed by atoms with E-state index in [1.54, 1.807) is 0 Å². The molecule has 5 nitrogen and oxygen atoms in total. The van der Waals surface area contributed by atoms with E-state index in [1.807, 2.05) is 0 Å². The van der Waals surface area contributed by atoms with Crippen molar-refractivity contribution in [3.8, 4) is 5.75 Å². The van der Waals surface area contributed by atoms with Crippen molar-refractivity contribution in [3.05, 3.63) is 29.8 Å². The molecule has 1 aliphatic rings. The van der Waals surface area contributed by atoms with E-state index in [0.29, 0.717) is 5.92 Å². The van der Waals surface area contributed by atoms with Crippen LogP contribution in [0.25, 0.3) is 0 Å². The maximum atomic E-state index is 12.9. The molecule has 2 N–H and O–H groups in total. The molecule has 1 aromatic carbocycles. The number of nitrogens with zero attached hydrogens (tertiary/aromatic N) is 1. The fraction of sp³-hybridized carbons (Fsp3) is 0.588. The molecule has 1 unspecified atom stereocenters. The van der Waals surface area contributed by atoms with E-state index in [2.05, 4.69) is 5.32 Å². The molecule has 0 aliphatic heterocycles. The molecule has 0 bridgehead atoms. The molecule has 0 saturated heterocycles. The molecule has 1 aliphatic carbocycles. The number of hydrogen-bond acceptors (Lipinski definition) is 4. The van der Waals surface area contributed by atoms with E-state index in [-0.39, 0.29) is 31.4 Å². The summed E-state index contributed by atoms with van der Waals surface area (Å²) in [6, 6.07) is 4.82. The molecule has 1 saturated carbocycles. The summed E-state index contributed by atoms with van der Waals surface area (Å²) in [7, 11) is 1.54. The summed E-state index contributed by atoms with van der Waals surface area (Å²) in [6.07, 6.45) is -3.24. The van der Waals surface area contributed by atoms with Crippen molar-refractivity contribution in [1.82, 2.24) is 10.2 Å². The SMILES string of the molecule is CN(CC(O)COc1ccccc1C(F)(F)F)C(=O)CNCC1CC1. The van der Waals surface area contributed by atoms with Crippen molar-refractivity contribution < 1.29 is 27.8 Å². The minimum atomic E-state index is -4.53. The Kier molecular flexibility index (Phi) is 6.66. The van der Waals surface area contributed by atoms with Gasteiger partial charge >= 0.3 is 6.18 Å². The van der Waals surface area contributed by atoms with E-state index >= 15 is 0 Å². The standard InChI is InChI=1S/C17H23F3N2O3/c1-22(16(24)9-21-8-12-6-7-12)10-13(23)11-25-15-5-3-2-4-14(15)17(18,19)20/h2-5,12-13,21,23H,6-11H2,1H3. The smallest absolute Gasteiger partial charge is 0.419 e. The molecule has 0 radical (unpaired) electrons. The van der Waals surface area contributed by atoms with Gasteiger partial charge in [0.05, 0.1) is 12.1 Å². The molecule has 0 aromatic heterocycles.